The van der Waals surface area contributed by atoms with Crippen LogP contribution in [0.5, 0.6) is 0 Å². The molecule has 0 bridgehead atoms. The fourth-order valence-electron chi connectivity index (χ4n) is 5.29. The Hall–Kier alpha value is -3.65. The van der Waals surface area contributed by atoms with Crippen molar-refractivity contribution in [3.63, 3.8) is 0 Å². The Morgan fingerprint density at radius 1 is 1.05 bits per heavy atom. The van der Waals surface area contributed by atoms with E-state index in [0.29, 0.717) is 0 Å². The lowest BCUT2D eigenvalue weighted by atomic mass is 10.0. The SMILES string of the molecule is NC(=O)Nc1cc2ccccc2n1CCCCN1CCCN(C2=COC=C(CC3=CC=CCC3)O2)CC1. The van der Waals surface area contributed by atoms with E-state index in [4.69, 9.17) is 15.2 Å². The highest BCUT2D eigenvalue weighted by molar-refractivity contribution is 5.92. The topological polar surface area (TPSA) is 85.0 Å². The second-order valence-corrected chi connectivity index (χ2v) is 9.87. The lowest BCUT2D eigenvalue weighted by Crippen LogP contribution is -2.32. The summed E-state index contributed by atoms with van der Waals surface area (Å²) in [6.07, 6.45) is 16.1. The van der Waals surface area contributed by atoms with Gasteiger partial charge in [-0.05, 0) is 57.3 Å². The minimum atomic E-state index is -0.536. The van der Waals surface area contributed by atoms with Crippen molar-refractivity contribution in [2.75, 3.05) is 38.0 Å². The molecule has 0 atom stereocenters. The summed E-state index contributed by atoms with van der Waals surface area (Å²) in [4.78, 5) is 16.3. The van der Waals surface area contributed by atoms with Crippen LogP contribution in [-0.2, 0) is 16.0 Å². The van der Waals surface area contributed by atoms with Crippen LogP contribution in [0.1, 0.15) is 38.5 Å². The lowest BCUT2D eigenvalue weighted by molar-refractivity contribution is 0.120. The number of amides is 2. The summed E-state index contributed by atoms with van der Waals surface area (Å²) in [7, 11) is 0. The summed E-state index contributed by atoms with van der Waals surface area (Å²) in [6, 6.07) is 9.62. The fourth-order valence-corrected chi connectivity index (χ4v) is 5.29. The zero-order chi connectivity index (χ0) is 25.5. The molecule has 2 aliphatic heterocycles. The van der Waals surface area contributed by atoms with Crippen molar-refractivity contribution in [1.82, 2.24) is 14.4 Å². The first kappa shape index (κ1) is 25.0. The van der Waals surface area contributed by atoms with E-state index in [1.54, 1.807) is 12.5 Å². The molecule has 5 rings (SSSR count). The molecular formula is C29H37N5O3. The molecule has 0 spiro atoms. The number of fused-ring (bicyclic) bond motifs is 1. The maximum absolute atomic E-state index is 11.5. The molecule has 0 unspecified atom stereocenters. The Morgan fingerprint density at radius 2 is 1.95 bits per heavy atom. The first-order chi connectivity index (χ1) is 18.2. The van der Waals surface area contributed by atoms with Crippen LogP contribution in [0.2, 0.25) is 0 Å². The van der Waals surface area contributed by atoms with E-state index in [1.807, 2.05) is 18.2 Å². The quantitative estimate of drug-likeness (QED) is 0.455. The zero-order valence-corrected chi connectivity index (χ0v) is 21.4. The Labute approximate surface area is 218 Å². The van der Waals surface area contributed by atoms with Crippen LogP contribution in [0.25, 0.3) is 10.9 Å². The van der Waals surface area contributed by atoms with E-state index >= 15 is 0 Å². The number of nitrogens with one attached hydrogen (secondary N) is 1. The predicted molar refractivity (Wildman–Crippen MR) is 146 cm³/mol. The number of allylic oxidation sites excluding steroid dienone is 4. The van der Waals surface area contributed by atoms with Crippen LogP contribution in [0.4, 0.5) is 10.6 Å². The third kappa shape index (κ3) is 6.57. The molecule has 1 aromatic carbocycles. The number of aromatic nitrogens is 1. The fraction of sp³-hybridized carbons (Fsp3) is 0.414. The van der Waals surface area contributed by atoms with Crippen LogP contribution in [-0.4, -0.2) is 53.1 Å². The molecule has 8 nitrogen and oxygen atoms in total. The summed E-state index contributed by atoms with van der Waals surface area (Å²) in [6.45, 7) is 5.84. The highest BCUT2D eigenvalue weighted by Crippen LogP contribution is 2.27. The Balaban J connectivity index is 1.08. The third-order valence-electron chi connectivity index (χ3n) is 7.17. The van der Waals surface area contributed by atoms with Crippen molar-refractivity contribution in [1.29, 1.82) is 0 Å². The van der Waals surface area contributed by atoms with Crippen LogP contribution >= 0.6 is 0 Å². The van der Waals surface area contributed by atoms with Crippen molar-refractivity contribution in [2.45, 2.75) is 45.1 Å². The standard InChI is InChI=1S/C29H37N5O3/c30-29(35)31-27-20-24-11-4-5-12-26(24)34(27)16-7-6-13-32-14-8-15-33(18-17-32)28-22-36-21-25(37-28)19-23-9-2-1-3-10-23/h1-2,4-5,9,11-12,20-22H,3,6-8,10,13-19H2,(H3,30,31,35). The zero-order valence-electron chi connectivity index (χ0n) is 21.4. The molecule has 3 aliphatic rings. The van der Waals surface area contributed by atoms with Crippen molar-refractivity contribution >= 4 is 22.8 Å². The molecule has 1 fully saturated rings. The van der Waals surface area contributed by atoms with Crippen molar-refractivity contribution in [3.05, 3.63) is 78.3 Å². The summed E-state index contributed by atoms with van der Waals surface area (Å²) >= 11 is 0. The number of nitrogens with zero attached hydrogens (tertiary/aromatic N) is 3. The molecule has 37 heavy (non-hydrogen) atoms. The number of unbranched alkanes of at least 4 members (excludes halogenated alkanes) is 1. The van der Waals surface area contributed by atoms with Crippen LogP contribution in [0.15, 0.2) is 78.3 Å². The highest BCUT2D eigenvalue weighted by atomic mass is 16.6. The smallest absolute Gasteiger partial charge is 0.317 e. The Kier molecular flexibility index (Phi) is 8.15. The van der Waals surface area contributed by atoms with E-state index < -0.39 is 6.03 Å². The maximum atomic E-state index is 11.5. The van der Waals surface area contributed by atoms with Gasteiger partial charge in [-0.3, -0.25) is 5.32 Å². The van der Waals surface area contributed by atoms with Gasteiger partial charge in [0.25, 0.3) is 0 Å². The van der Waals surface area contributed by atoms with Gasteiger partial charge in [0.2, 0.25) is 5.88 Å². The van der Waals surface area contributed by atoms with Gasteiger partial charge in [-0.25, -0.2) is 4.79 Å². The van der Waals surface area contributed by atoms with E-state index in [2.05, 4.69) is 50.0 Å². The van der Waals surface area contributed by atoms with Gasteiger partial charge in [0.1, 0.15) is 17.8 Å². The number of nitrogens with two attached hydrogens (primary N) is 1. The molecule has 196 valence electrons. The van der Waals surface area contributed by atoms with Gasteiger partial charge in [-0.1, -0.05) is 42.0 Å². The molecule has 1 aliphatic carbocycles. The van der Waals surface area contributed by atoms with E-state index in [-0.39, 0.29) is 0 Å². The highest BCUT2D eigenvalue weighted by Gasteiger charge is 2.21. The van der Waals surface area contributed by atoms with Gasteiger partial charge in [0.05, 0.1) is 0 Å². The number of ether oxygens (including phenoxy) is 2. The van der Waals surface area contributed by atoms with Crippen molar-refractivity contribution in [3.8, 4) is 0 Å². The number of benzene rings is 1. The van der Waals surface area contributed by atoms with Gasteiger partial charge in [0.15, 0.2) is 6.26 Å². The number of urea groups is 1. The van der Waals surface area contributed by atoms with Crippen molar-refractivity contribution in [2.24, 2.45) is 5.73 Å². The number of hydrogen-bond acceptors (Lipinski definition) is 5. The minimum Gasteiger partial charge on any atom is -0.464 e. The largest absolute Gasteiger partial charge is 0.464 e. The average molecular weight is 504 g/mol. The number of para-hydroxylation sites is 1. The molecule has 0 radical (unpaired) electrons. The van der Waals surface area contributed by atoms with Gasteiger partial charge in [-0.15, -0.1) is 0 Å². The number of rotatable bonds is 9. The van der Waals surface area contributed by atoms with Crippen LogP contribution in [0.3, 0.4) is 0 Å². The first-order valence-electron chi connectivity index (χ1n) is 13.3. The second kappa shape index (κ2) is 12.1. The van der Waals surface area contributed by atoms with Gasteiger partial charge in [0, 0.05) is 43.5 Å². The summed E-state index contributed by atoms with van der Waals surface area (Å²) in [5.74, 6) is 2.45. The average Bonchev–Trinajstić information content (AvgIpc) is 3.07. The van der Waals surface area contributed by atoms with Gasteiger partial charge >= 0.3 is 6.03 Å². The molecular weight excluding hydrogens is 466 g/mol. The Bertz CT molecular complexity index is 1230. The molecule has 1 aromatic heterocycles. The normalized spacial score (nSPS) is 18.4. The maximum Gasteiger partial charge on any atom is 0.317 e. The monoisotopic (exact) mass is 503 g/mol. The van der Waals surface area contributed by atoms with Crippen LogP contribution < -0.4 is 11.1 Å². The summed E-state index contributed by atoms with van der Waals surface area (Å²) in [5, 5.41) is 3.88. The van der Waals surface area contributed by atoms with Crippen LogP contribution in [0, 0.1) is 0 Å². The van der Waals surface area contributed by atoms with Gasteiger partial charge in [-0.2, -0.15) is 0 Å². The van der Waals surface area contributed by atoms with Gasteiger partial charge < -0.3 is 29.6 Å². The van der Waals surface area contributed by atoms with Crippen molar-refractivity contribution < 1.29 is 14.3 Å². The number of hydrogen-bond donors (Lipinski definition) is 2. The third-order valence-corrected chi connectivity index (χ3v) is 7.17. The second-order valence-electron chi connectivity index (χ2n) is 9.87. The summed E-state index contributed by atoms with van der Waals surface area (Å²) in [5.41, 5.74) is 7.89. The Morgan fingerprint density at radius 3 is 2.81 bits per heavy atom. The first-order valence-corrected chi connectivity index (χ1v) is 13.3. The molecule has 2 aromatic rings. The number of primary amides is 1. The number of carbonyl (C=O) groups excluding carboxylic acids is 1. The predicted octanol–water partition coefficient (Wildman–Crippen LogP) is 5.27. The number of aryl methyl sites for hydroxylation is 1. The lowest BCUT2D eigenvalue weighted by Gasteiger charge is -2.28. The number of anilines is 1. The molecule has 3 N–H and O–H groups in total. The van der Waals surface area contributed by atoms with E-state index in [1.165, 1.54) is 5.57 Å². The molecule has 8 heteroatoms. The number of carbonyl (C=O) groups is 1. The van der Waals surface area contributed by atoms with E-state index in [0.717, 1.165) is 106 Å². The molecule has 1 saturated heterocycles. The molecule has 3 heterocycles. The summed E-state index contributed by atoms with van der Waals surface area (Å²) < 4.78 is 14.0. The molecule has 2 amide bonds. The minimum absolute atomic E-state index is 0.536. The van der Waals surface area contributed by atoms with E-state index in [9.17, 15) is 4.79 Å². The molecule has 0 saturated carbocycles.